The van der Waals surface area contributed by atoms with Crippen LogP contribution in [0.1, 0.15) is 82.5 Å². The molecule has 0 aromatic heterocycles. The van der Waals surface area contributed by atoms with Gasteiger partial charge in [0.25, 0.3) is 0 Å². The SMILES string of the molecule is C=CC(=O)Nc1c(Oc2ccc(CCCC)cc2)cc(Nc2ccc(CCCC)cc2)c2c1C(=O)c1ccccc1C2=O. The van der Waals surface area contributed by atoms with Gasteiger partial charge in [-0.05, 0) is 67.2 Å². The number of ether oxygens (including phenoxy) is 1. The van der Waals surface area contributed by atoms with E-state index in [9.17, 15) is 14.4 Å². The third-order valence-corrected chi connectivity index (χ3v) is 7.62. The number of amides is 1. The number of hydrogen-bond donors (Lipinski definition) is 2. The van der Waals surface area contributed by atoms with Crippen molar-refractivity contribution in [3.63, 3.8) is 0 Å². The largest absolute Gasteiger partial charge is 0.455 e. The molecule has 0 fully saturated rings. The van der Waals surface area contributed by atoms with Gasteiger partial charge in [-0.15, -0.1) is 0 Å². The van der Waals surface area contributed by atoms with E-state index in [-0.39, 0.29) is 39.7 Å². The Morgan fingerprint density at radius 3 is 1.91 bits per heavy atom. The highest BCUT2D eigenvalue weighted by atomic mass is 16.5. The average molecular weight is 573 g/mol. The van der Waals surface area contributed by atoms with Crippen LogP contribution in [0.25, 0.3) is 0 Å². The summed E-state index contributed by atoms with van der Waals surface area (Å²) in [5.41, 5.74) is 4.58. The lowest BCUT2D eigenvalue weighted by molar-refractivity contribution is -0.111. The van der Waals surface area contributed by atoms with Crippen LogP contribution in [0.15, 0.2) is 91.5 Å². The van der Waals surface area contributed by atoms with E-state index in [0.717, 1.165) is 50.3 Å². The highest BCUT2D eigenvalue weighted by Crippen LogP contribution is 2.44. The van der Waals surface area contributed by atoms with E-state index in [1.165, 1.54) is 11.1 Å². The summed E-state index contributed by atoms with van der Waals surface area (Å²) in [4.78, 5) is 40.6. The molecule has 1 aliphatic carbocycles. The standard InChI is InChI=1S/C37H36N2O4/c1-4-7-11-24-15-19-26(20-16-24)38-30-23-31(43-27-21-17-25(18-22-27)12-8-5-2)35(39-32(40)6-3)34-33(30)36(41)28-13-9-10-14-29(28)37(34)42/h6,9-10,13-23,38H,3-5,7-8,11-12H2,1-2H3,(H,39,40). The summed E-state index contributed by atoms with van der Waals surface area (Å²) in [6.45, 7) is 7.89. The molecule has 2 N–H and O–H groups in total. The van der Waals surface area contributed by atoms with Crippen molar-refractivity contribution in [3.05, 3.63) is 125 Å². The van der Waals surface area contributed by atoms with Gasteiger partial charge in [0.05, 0.1) is 22.5 Å². The van der Waals surface area contributed by atoms with Gasteiger partial charge in [0.1, 0.15) is 5.75 Å². The predicted octanol–water partition coefficient (Wildman–Crippen LogP) is 8.81. The number of nitrogens with one attached hydrogen (secondary N) is 2. The van der Waals surface area contributed by atoms with Crippen molar-refractivity contribution in [2.24, 2.45) is 0 Å². The van der Waals surface area contributed by atoms with Crippen LogP contribution in [-0.4, -0.2) is 17.5 Å². The number of carbonyl (C=O) groups excluding carboxylic acids is 3. The number of benzene rings is 4. The summed E-state index contributed by atoms with van der Waals surface area (Å²) in [6, 6.07) is 24.2. The molecule has 0 saturated carbocycles. The molecule has 5 rings (SSSR count). The summed E-state index contributed by atoms with van der Waals surface area (Å²) in [7, 11) is 0. The van der Waals surface area contributed by atoms with Gasteiger partial charge in [0, 0.05) is 22.9 Å². The minimum absolute atomic E-state index is 0.0815. The van der Waals surface area contributed by atoms with Crippen LogP contribution < -0.4 is 15.4 Å². The Kier molecular flexibility index (Phi) is 9.16. The molecule has 6 heteroatoms. The lowest BCUT2D eigenvalue weighted by atomic mass is 9.82. The lowest BCUT2D eigenvalue weighted by Gasteiger charge is -2.25. The summed E-state index contributed by atoms with van der Waals surface area (Å²) in [5.74, 6) is -0.436. The second-order valence-corrected chi connectivity index (χ2v) is 10.7. The first kappa shape index (κ1) is 29.5. The van der Waals surface area contributed by atoms with Crippen LogP contribution in [0.4, 0.5) is 17.1 Å². The summed E-state index contributed by atoms with van der Waals surface area (Å²) >= 11 is 0. The molecule has 0 aliphatic heterocycles. The first-order valence-corrected chi connectivity index (χ1v) is 14.9. The number of hydrogen-bond acceptors (Lipinski definition) is 5. The van der Waals surface area contributed by atoms with E-state index < -0.39 is 5.91 Å². The van der Waals surface area contributed by atoms with Crippen molar-refractivity contribution in [2.75, 3.05) is 10.6 Å². The topological polar surface area (TPSA) is 84.5 Å². The number of ketones is 2. The fraction of sp³-hybridized carbons (Fsp3) is 0.216. The number of carbonyl (C=O) groups is 3. The Hall–Kier alpha value is -4.97. The molecule has 218 valence electrons. The van der Waals surface area contributed by atoms with Crippen molar-refractivity contribution in [1.82, 2.24) is 0 Å². The Labute approximate surface area is 252 Å². The van der Waals surface area contributed by atoms with E-state index in [1.807, 2.05) is 36.4 Å². The molecule has 43 heavy (non-hydrogen) atoms. The van der Waals surface area contributed by atoms with Crippen LogP contribution in [0, 0.1) is 0 Å². The van der Waals surface area contributed by atoms with Gasteiger partial charge in [-0.2, -0.15) is 0 Å². The van der Waals surface area contributed by atoms with Gasteiger partial charge in [-0.25, -0.2) is 0 Å². The molecule has 0 saturated heterocycles. The molecule has 0 unspecified atom stereocenters. The smallest absolute Gasteiger partial charge is 0.247 e. The monoisotopic (exact) mass is 572 g/mol. The molecular formula is C37H36N2O4. The zero-order valence-corrected chi connectivity index (χ0v) is 24.7. The highest BCUT2D eigenvalue weighted by molar-refractivity contribution is 6.33. The van der Waals surface area contributed by atoms with Crippen molar-refractivity contribution < 1.29 is 19.1 Å². The molecule has 0 spiro atoms. The zero-order valence-electron chi connectivity index (χ0n) is 24.7. The molecule has 0 radical (unpaired) electrons. The first-order chi connectivity index (χ1) is 20.9. The molecule has 0 heterocycles. The normalized spacial score (nSPS) is 11.9. The van der Waals surface area contributed by atoms with E-state index in [1.54, 1.807) is 30.3 Å². The second-order valence-electron chi connectivity index (χ2n) is 10.7. The van der Waals surface area contributed by atoms with Crippen molar-refractivity contribution in [3.8, 4) is 11.5 Å². The third-order valence-electron chi connectivity index (χ3n) is 7.62. The van der Waals surface area contributed by atoms with Crippen LogP contribution in [0.2, 0.25) is 0 Å². The van der Waals surface area contributed by atoms with Crippen molar-refractivity contribution in [2.45, 2.75) is 52.4 Å². The van der Waals surface area contributed by atoms with Crippen LogP contribution in [0.3, 0.4) is 0 Å². The Morgan fingerprint density at radius 1 is 0.791 bits per heavy atom. The van der Waals surface area contributed by atoms with E-state index in [4.69, 9.17) is 4.74 Å². The highest BCUT2D eigenvalue weighted by Gasteiger charge is 2.36. The van der Waals surface area contributed by atoms with Crippen LogP contribution in [-0.2, 0) is 17.6 Å². The number of unbranched alkanes of at least 4 members (excludes halogenated alkanes) is 2. The van der Waals surface area contributed by atoms with Crippen LogP contribution in [0.5, 0.6) is 11.5 Å². The summed E-state index contributed by atoms with van der Waals surface area (Å²) in [6.07, 6.45) is 7.49. The minimum atomic E-state index is -0.524. The molecular weight excluding hydrogens is 536 g/mol. The van der Waals surface area contributed by atoms with Gasteiger partial charge in [0.15, 0.2) is 17.3 Å². The average Bonchev–Trinajstić information content (AvgIpc) is 3.03. The Morgan fingerprint density at radius 2 is 1.35 bits per heavy atom. The molecule has 0 atom stereocenters. The second kappa shape index (κ2) is 13.3. The Balaban J connectivity index is 1.64. The maximum absolute atomic E-state index is 14.0. The number of anilines is 3. The summed E-state index contributed by atoms with van der Waals surface area (Å²) in [5, 5.41) is 6.13. The van der Waals surface area contributed by atoms with E-state index in [0.29, 0.717) is 17.0 Å². The van der Waals surface area contributed by atoms with Gasteiger partial charge >= 0.3 is 0 Å². The van der Waals surface area contributed by atoms with Gasteiger partial charge in [-0.3, -0.25) is 14.4 Å². The fourth-order valence-electron chi connectivity index (χ4n) is 5.27. The number of fused-ring (bicyclic) bond motifs is 2. The molecule has 4 aromatic rings. The number of rotatable bonds is 12. The Bertz CT molecular complexity index is 1670. The van der Waals surface area contributed by atoms with E-state index in [2.05, 4.69) is 43.2 Å². The minimum Gasteiger partial charge on any atom is -0.455 e. The maximum Gasteiger partial charge on any atom is 0.247 e. The number of aryl methyl sites for hydroxylation is 2. The molecule has 6 nitrogen and oxygen atoms in total. The quantitative estimate of drug-likeness (QED) is 0.146. The maximum atomic E-state index is 14.0. The summed E-state index contributed by atoms with van der Waals surface area (Å²) < 4.78 is 6.34. The molecule has 1 amide bonds. The first-order valence-electron chi connectivity index (χ1n) is 14.9. The lowest BCUT2D eigenvalue weighted by Crippen LogP contribution is -2.25. The van der Waals surface area contributed by atoms with Crippen LogP contribution >= 0.6 is 0 Å². The molecule has 4 aromatic carbocycles. The zero-order chi connectivity index (χ0) is 30.3. The third kappa shape index (κ3) is 6.44. The van der Waals surface area contributed by atoms with Crippen molar-refractivity contribution in [1.29, 1.82) is 0 Å². The van der Waals surface area contributed by atoms with Gasteiger partial charge < -0.3 is 15.4 Å². The van der Waals surface area contributed by atoms with E-state index >= 15 is 0 Å². The molecule has 0 bridgehead atoms. The van der Waals surface area contributed by atoms with Gasteiger partial charge in [-0.1, -0.05) is 81.8 Å². The predicted molar refractivity (Wildman–Crippen MR) is 172 cm³/mol. The van der Waals surface area contributed by atoms with Gasteiger partial charge in [0.2, 0.25) is 5.91 Å². The fourth-order valence-corrected chi connectivity index (χ4v) is 5.27. The van der Waals surface area contributed by atoms with Crippen molar-refractivity contribution >= 4 is 34.5 Å². The molecule has 1 aliphatic rings.